The molecule has 0 saturated heterocycles. The van der Waals surface area contributed by atoms with Crippen LogP contribution in [0.5, 0.6) is 0 Å². The zero-order valence-corrected chi connectivity index (χ0v) is 14.3. The highest BCUT2D eigenvalue weighted by molar-refractivity contribution is 5.45. The fourth-order valence-corrected chi connectivity index (χ4v) is 3.62. The Morgan fingerprint density at radius 2 is 2.09 bits per heavy atom. The van der Waals surface area contributed by atoms with Crippen molar-refractivity contribution in [2.24, 2.45) is 11.8 Å². The number of methoxy groups -OCH3 is 1. The van der Waals surface area contributed by atoms with Crippen molar-refractivity contribution in [1.82, 2.24) is 19.6 Å². The zero-order valence-electron chi connectivity index (χ0n) is 14.3. The minimum absolute atomic E-state index is 0.378. The summed E-state index contributed by atoms with van der Waals surface area (Å²) in [5.74, 6) is 3.00. The van der Waals surface area contributed by atoms with E-state index in [2.05, 4.69) is 34.2 Å². The van der Waals surface area contributed by atoms with E-state index in [1.807, 2.05) is 6.07 Å². The summed E-state index contributed by atoms with van der Waals surface area (Å²) in [6, 6.07) is 2.39. The van der Waals surface area contributed by atoms with Crippen molar-refractivity contribution < 1.29 is 4.74 Å². The summed E-state index contributed by atoms with van der Waals surface area (Å²) < 4.78 is 6.98. The number of hydrogen-bond acceptors (Lipinski definition) is 5. The molecule has 0 aromatic carbocycles. The first-order chi connectivity index (χ1) is 11.2. The summed E-state index contributed by atoms with van der Waals surface area (Å²) in [7, 11) is 1.68. The molecule has 1 aliphatic rings. The van der Waals surface area contributed by atoms with Crippen LogP contribution in [0.15, 0.2) is 12.4 Å². The topological polar surface area (TPSA) is 64.3 Å². The number of anilines is 1. The quantitative estimate of drug-likeness (QED) is 0.885. The van der Waals surface area contributed by atoms with Crippen LogP contribution in [0, 0.1) is 11.8 Å². The number of ether oxygens (including phenoxy) is 1. The first-order valence-corrected chi connectivity index (χ1v) is 8.64. The molecule has 2 aromatic rings. The van der Waals surface area contributed by atoms with Gasteiger partial charge in [-0.25, -0.2) is 4.98 Å². The van der Waals surface area contributed by atoms with Gasteiger partial charge in [0.25, 0.3) is 5.78 Å². The molecular weight excluding hydrogens is 290 g/mol. The van der Waals surface area contributed by atoms with Crippen LogP contribution in [0.4, 0.5) is 5.82 Å². The second-order valence-electron chi connectivity index (χ2n) is 6.73. The summed E-state index contributed by atoms with van der Waals surface area (Å²) in [6.45, 7) is 5.10. The highest BCUT2D eigenvalue weighted by atomic mass is 16.5. The highest BCUT2D eigenvalue weighted by Gasteiger charge is 2.25. The van der Waals surface area contributed by atoms with Crippen LogP contribution in [0.1, 0.15) is 51.6 Å². The molecule has 6 heteroatoms. The lowest BCUT2D eigenvalue weighted by Gasteiger charge is -2.32. The monoisotopic (exact) mass is 317 g/mol. The Bertz CT molecular complexity index is 635. The van der Waals surface area contributed by atoms with Gasteiger partial charge in [-0.2, -0.15) is 14.6 Å². The molecular formula is C17H27N5O. The fourth-order valence-electron chi connectivity index (χ4n) is 3.62. The summed E-state index contributed by atoms with van der Waals surface area (Å²) in [5.41, 5.74) is 0.869. The third-order valence-electron chi connectivity index (χ3n) is 5.15. The minimum Gasteiger partial charge on any atom is -0.378 e. The van der Waals surface area contributed by atoms with Crippen LogP contribution in [-0.2, 0) is 11.3 Å². The average molecular weight is 317 g/mol. The number of fused-ring (bicyclic) bond motifs is 1. The molecule has 2 heterocycles. The molecule has 1 aliphatic carbocycles. The summed E-state index contributed by atoms with van der Waals surface area (Å²) in [6.07, 6.45) is 8.41. The molecule has 1 N–H and O–H groups in total. The normalized spacial score (nSPS) is 18.9. The van der Waals surface area contributed by atoms with Gasteiger partial charge in [-0.3, -0.25) is 0 Å². The standard InChI is InChI=1S/C17H27N5O/c1-12(14-7-5-4-6-8-14)13(2)20-16-9-15(10-23-3)21-17-18-11-19-22(16)17/h9,11-14,20H,4-8,10H2,1-3H3. The maximum absolute atomic E-state index is 5.21. The third kappa shape index (κ3) is 3.63. The number of aromatic nitrogens is 4. The largest absolute Gasteiger partial charge is 0.378 e. The van der Waals surface area contributed by atoms with Crippen molar-refractivity contribution in [2.45, 2.75) is 58.6 Å². The van der Waals surface area contributed by atoms with Gasteiger partial charge in [0.1, 0.15) is 12.1 Å². The lowest BCUT2D eigenvalue weighted by Crippen LogP contribution is -2.31. The number of nitrogens with zero attached hydrogens (tertiary/aromatic N) is 4. The van der Waals surface area contributed by atoms with Gasteiger partial charge in [-0.15, -0.1) is 0 Å². The molecule has 1 saturated carbocycles. The lowest BCUT2D eigenvalue weighted by molar-refractivity contribution is 0.181. The molecule has 0 aliphatic heterocycles. The zero-order chi connectivity index (χ0) is 16.2. The number of rotatable bonds is 6. The van der Waals surface area contributed by atoms with Crippen molar-refractivity contribution in [3.05, 3.63) is 18.1 Å². The van der Waals surface area contributed by atoms with Crippen LogP contribution < -0.4 is 5.32 Å². The number of hydrogen-bond donors (Lipinski definition) is 1. The van der Waals surface area contributed by atoms with E-state index < -0.39 is 0 Å². The van der Waals surface area contributed by atoms with Crippen molar-refractivity contribution in [3.8, 4) is 0 Å². The Hall–Kier alpha value is -1.69. The van der Waals surface area contributed by atoms with E-state index in [1.165, 1.54) is 32.1 Å². The van der Waals surface area contributed by atoms with Crippen molar-refractivity contribution in [1.29, 1.82) is 0 Å². The third-order valence-corrected chi connectivity index (χ3v) is 5.15. The van der Waals surface area contributed by atoms with Crippen LogP contribution in [-0.4, -0.2) is 32.7 Å². The minimum atomic E-state index is 0.378. The van der Waals surface area contributed by atoms with Crippen LogP contribution in [0.2, 0.25) is 0 Å². The Morgan fingerprint density at radius 3 is 2.83 bits per heavy atom. The van der Waals surface area contributed by atoms with Gasteiger partial charge in [0.2, 0.25) is 0 Å². The molecule has 6 nitrogen and oxygen atoms in total. The number of nitrogens with one attached hydrogen (secondary N) is 1. The molecule has 2 unspecified atom stereocenters. The SMILES string of the molecule is COCc1cc(NC(C)C(C)C2CCCCC2)n2ncnc2n1. The summed E-state index contributed by atoms with van der Waals surface area (Å²) >= 11 is 0. The summed E-state index contributed by atoms with van der Waals surface area (Å²) in [4.78, 5) is 8.66. The van der Waals surface area contributed by atoms with Gasteiger partial charge < -0.3 is 10.1 Å². The van der Waals surface area contributed by atoms with Gasteiger partial charge in [0.15, 0.2) is 0 Å². The highest BCUT2D eigenvalue weighted by Crippen LogP contribution is 2.32. The Kier molecular flexibility index (Phi) is 5.10. The van der Waals surface area contributed by atoms with Gasteiger partial charge >= 0.3 is 0 Å². The molecule has 0 amide bonds. The maximum Gasteiger partial charge on any atom is 0.254 e. The van der Waals surface area contributed by atoms with E-state index in [9.17, 15) is 0 Å². The molecule has 0 radical (unpaired) electrons. The van der Waals surface area contributed by atoms with Gasteiger partial charge in [-0.05, 0) is 18.8 Å². The predicted octanol–water partition coefficient (Wildman–Crippen LogP) is 3.29. The van der Waals surface area contributed by atoms with E-state index in [4.69, 9.17) is 4.74 Å². The second kappa shape index (κ2) is 7.25. The fraction of sp³-hybridized carbons (Fsp3) is 0.706. The van der Waals surface area contributed by atoms with Crippen molar-refractivity contribution in [2.75, 3.05) is 12.4 Å². The second-order valence-corrected chi connectivity index (χ2v) is 6.73. The van der Waals surface area contributed by atoms with Crippen LogP contribution in [0.3, 0.4) is 0 Å². The van der Waals surface area contributed by atoms with Crippen molar-refractivity contribution in [3.63, 3.8) is 0 Å². The molecule has 23 heavy (non-hydrogen) atoms. The van der Waals surface area contributed by atoms with Crippen LogP contribution in [0.25, 0.3) is 5.78 Å². The van der Waals surface area contributed by atoms with Gasteiger partial charge in [0, 0.05) is 19.2 Å². The van der Waals surface area contributed by atoms with E-state index in [0.717, 1.165) is 17.4 Å². The smallest absolute Gasteiger partial charge is 0.254 e. The molecule has 0 spiro atoms. The molecule has 3 rings (SSSR count). The van der Waals surface area contributed by atoms with E-state index in [0.29, 0.717) is 24.3 Å². The van der Waals surface area contributed by atoms with E-state index in [-0.39, 0.29) is 0 Å². The predicted molar refractivity (Wildman–Crippen MR) is 90.3 cm³/mol. The summed E-state index contributed by atoms with van der Waals surface area (Å²) in [5, 5.41) is 7.92. The molecule has 2 aromatic heterocycles. The van der Waals surface area contributed by atoms with E-state index >= 15 is 0 Å². The lowest BCUT2D eigenvalue weighted by atomic mass is 9.78. The maximum atomic E-state index is 5.21. The Morgan fingerprint density at radius 1 is 1.30 bits per heavy atom. The molecule has 1 fully saturated rings. The Balaban J connectivity index is 1.77. The first-order valence-electron chi connectivity index (χ1n) is 8.64. The van der Waals surface area contributed by atoms with E-state index in [1.54, 1.807) is 18.0 Å². The van der Waals surface area contributed by atoms with Crippen molar-refractivity contribution >= 4 is 11.6 Å². The van der Waals surface area contributed by atoms with Crippen LogP contribution >= 0.6 is 0 Å². The molecule has 0 bridgehead atoms. The molecule has 2 atom stereocenters. The van der Waals surface area contributed by atoms with Gasteiger partial charge in [0.05, 0.1) is 12.3 Å². The first kappa shape index (κ1) is 16.2. The average Bonchev–Trinajstić information content (AvgIpc) is 3.04. The molecule has 126 valence electrons. The van der Waals surface area contributed by atoms with Gasteiger partial charge in [-0.1, -0.05) is 39.0 Å². The Labute approximate surface area is 137 Å².